The molecule has 0 aliphatic rings. The predicted molar refractivity (Wildman–Crippen MR) is 119 cm³/mol. The Morgan fingerprint density at radius 1 is 0.871 bits per heavy atom. The summed E-state index contributed by atoms with van der Waals surface area (Å²) in [5.41, 5.74) is 3.77. The highest BCUT2D eigenvalue weighted by Crippen LogP contribution is 2.15. The number of rotatable bonds is 7. The standard InChI is InChI=1S/C24H21N5O2/c30-22-14-21(19-9-11-25-12-10-19)28-24(29-22)27-16-18-6-4-5-17(13-18)15-26-23(31)20-7-2-1-3-8-20/h1-14H,15-16H2,(H,26,31)(H2,27,28,29,30). The number of nitrogens with zero attached hydrogens (tertiary/aromatic N) is 2. The number of hydrogen-bond donors (Lipinski definition) is 3. The highest BCUT2D eigenvalue weighted by molar-refractivity contribution is 5.94. The molecular weight excluding hydrogens is 390 g/mol. The van der Waals surface area contributed by atoms with Gasteiger partial charge in [0.2, 0.25) is 5.95 Å². The molecule has 7 nitrogen and oxygen atoms in total. The van der Waals surface area contributed by atoms with Crippen LogP contribution in [0.3, 0.4) is 0 Å². The average Bonchev–Trinajstić information content (AvgIpc) is 2.82. The van der Waals surface area contributed by atoms with Gasteiger partial charge >= 0.3 is 0 Å². The van der Waals surface area contributed by atoms with E-state index in [1.807, 2.05) is 42.5 Å². The molecule has 0 saturated carbocycles. The second-order valence-corrected chi connectivity index (χ2v) is 6.94. The van der Waals surface area contributed by atoms with E-state index >= 15 is 0 Å². The first kappa shape index (κ1) is 20.0. The summed E-state index contributed by atoms with van der Waals surface area (Å²) in [5.74, 6) is 0.279. The predicted octanol–water partition coefficient (Wildman–Crippen LogP) is 3.37. The molecular formula is C24H21N5O2. The lowest BCUT2D eigenvalue weighted by Crippen LogP contribution is -2.22. The molecule has 0 aliphatic carbocycles. The van der Waals surface area contributed by atoms with E-state index in [1.54, 1.807) is 36.7 Å². The average molecular weight is 411 g/mol. The normalized spacial score (nSPS) is 10.5. The highest BCUT2D eigenvalue weighted by atomic mass is 16.1. The highest BCUT2D eigenvalue weighted by Gasteiger charge is 2.06. The summed E-state index contributed by atoms with van der Waals surface area (Å²) in [6, 6.07) is 22.0. The third-order valence-electron chi connectivity index (χ3n) is 4.66. The number of aromatic nitrogens is 3. The van der Waals surface area contributed by atoms with Crippen molar-refractivity contribution < 1.29 is 4.79 Å². The Balaban J connectivity index is 1.40. The van der Waals surface area contributed by atoms with E-state index in [0.717, 1.165) is 16.7 Å². The van der Waals surface area contributed by atoms with Gasteiger partial charge in [-0.2, -0.15) is 0 Å². The molecule has 1 amide bonds. The number of carbonyl (C=O) groups is 1. The van der Waals surface area contributed by atoms with Crippen LogP contribution >= 0.6 is 0 Å². The molecule has 0 radical (unpaired) electrons. The molecule has 0 bridgehead atoms. The van der Waals surface area contributed by atoms with Crippen LogP contribution in [0.1, 0.15) is 21.5 Å². The Hall–Kier alpha value is -4.26. The van der Waals surface area contributed by atoms with Crippen LogP contribution in [0, 0.1) is 0 Å². The zero-order valence-corrected chi connectivity index (χ0v) is 16.7. The quantitative estimate of drug-likeness (QED) is 0.433. The minimum atomic E-state index is -0.235. The van der Waals surface area contributed by atoms with Crippen molar-refractivity contribution >= 4 is 11.9 Å². The molecule has 4 aromatic rings. The lowest BCUT2D eigenvalue weighted by atomic mass is 10.1. The summed E-state index contributed by atoms with van der Waals surface area (Å²) < 4.78 is 0. The van der Waals surface area contributed by atoms with Crippen LogP contribution in [0.4, 0.5) is 5.95 Å². The first-order chi connectivity index (χ1) is 15.2. The molecule has 0 spiro atoms. The van der Waals surface area contributed by atoms with E-state index in [1.165, 1.54) is 6.07 Å². The zero-order chi connectivity index (χ0) is 21.5. The Kier molecular flexibility index (Phi) is 6.13. The van der Waals surface area contributed by atoms with Crippen LogP contribution in [-0.2, 0) is 13.1 Å². The van der Waals surface area contributed by atoms with Crippen molar-refractivity contribution in [1.29, 1.82) is 0 Å². The van der Waals surface area contributed by atoms with Gasteiger partial charge in [-0.15, -0.1) is 0 Å². The lowest BCUT2D eigenvalue weighted by molar-refractivity contribution is 0.0951. The number of carbonyl (C=O) groups excluding carboxylic acids is 1. The molecule has 2 aromatic carbocycles. The molecule has 3 N–H and O–H groups in total. The summed E-state index contributed by atoms with van der Waals surface area (Å²) in [6.07, 6.45) is 3.32. The second kappa shape index (κ2) is 9.49. The van der Waals surface area contributed by atoms with Gasteiger partial charge in [0.15, 0.2) is 0 Å². The van der Waals surface area contributed by atoms with Gasteiger partial charge in [0, 0.05) is 42.7 Å². The summed E-state index contributed by atoms with van der Waals surface area (Å²) in [4.78, 5) is 35.4. The van der Waals surface area contributed by atoms with Gasteiger partial charge in [-0.1, -0.05) is 42.5 Å². The number of anilines is 1. The van der Waals surface area contributed by atoms with Crippen molar-refractivity contribution in [1.82, 2.24) is 20.3 Å². The Labute approximate surface area is 179 Å². The number of benzene rings is 2. The van der Waals surface area contributed by atoms with Crippen LogP contribution < -0.4 is 16.2 Å². The topological polar surface area (TPSA) is 99.8 Å². The second-order valence-electron chi connectivity index (χ2n) is 6.94. The zero-order valence-electron chi connectivity index (χ0n) is 16.7. The third kappa shape index (κ3) is 5.42. The van der Waals surface area contributed by atoms with Crippen molar-refractivity contribution in [3.05, 3.63) is 112 Å². The smallest absolute Gasteiger partial charge is 0.252 e. The minimum Gasteiger partial charge on any atom is -0.352 e. The first-order valence-corrected chi connectivity index (χ1v) is 9.84. The molecule has 0 unspecified atom stereocenters. The van der Waals surface area contributed by atoms with E-state index < -0.39 is 0 Å². The number of hydrogen-bond acceptors (Lipinski definition) is 5. The van der Waals surface area contributed by atoms with Gasteiger partial charge in [-0.05, 0) is 35.4 Å². The fraction of sp³-hybridized carbons (Fsp3) is 0.0833. The largest absolute Gasteiger partial charge is 0.352 e. The maximum atomic E-state index is 12.2. The molecule has 2 heterocycles. The Morgan fingerprint density at radius 2 is 1.61 bits per heavy atom. The minimum absolute atomic E-state index is 0.112. The number of H-pyrrole nitrogens is 1. The maximum Gasteiger partial charge on any atom is 0.252 e. The fourth-order valence-electron chi connectivity index (χ4n) is 3.12. The number of pyridine rings is 1. The fourth-order valence-corrected chi connectivity index (χ4v) is 3.12. The number of amides is 1. The lowest BCUT2D eigenvalue weighted by Gasteiger charge is -2.10. The van der Waals surface area contributed by atoms with Crippen molar-refractivity contribution in [2.75, 3.05) is 5.32 Å². The molecule has 2 aromatic heterocycles. The molecule has 154 valence electrons. The number of aromatic amines is 1. The molecule has 4 rings (SSSR count). The monoisotopic (exact) mass is 411 g/mol. The van der Waals surface area contributed by atoms with Gasteiger partial charge in [0.05, 0.1) is 5.69 Å². The summed E-state index contributed by atoms with van der Waals surface area (Å²) in [6.45, 7) is 0.900. The van der Waals surface area contributed by atoms with Crippen molar-refractivity contribution in [3.8, 4) is 11.3 Å². The van der Waals surface area contributed by atoms with Crippen molar-refractivity contribution in [2.24, 2.45) is 0 Å². The summed E-state index contributed by atoms with van der Waals surface area (Å²) in [5, 5.41) is 6.09. The van der Waals surface area contributed by atoms with E-state index in [-0.39, 0.29) is 11.5 Å². The molecule has 0 saturated heterocycles. The van der Waals surface area contributed by atoms with Gasteiger partial charge in [-0.25, -0.2) is 4.98 Å². The van der Waals surface area contributed by atoms with E-state index in [9.17, 15) is 9.59 Å². The van der Waals surface area contributed by atoms with Crippen LogP contribution in [0.5, 0.6) is 0 Å². The van der Waals surface area contributed by atoms with Gasteiger partial charge in [-0.3, -0.25) is 19.6 Å². The van der Waals surface area contributed by atoms with Gasteiger partial charge in [0.25, 0.3) is 11.5 Å². The van der Waals surface area contributed by atoms with Gasteiger partial charge < -0.3 is 10.6 Å². The van der Waals surface area contributed by atoms with Crippen molar-refractivity contribution in [3.63, 3.8) is 0 Å². The van der Waals surface area contributed by atoms with E-state index in [0.29, 0.717) is 30.3 Å². The van der Waals surface area contributed by atoms with Gasteiger partial charge in [0.1, 0.15) is 0 Å². The number of nitrogens with one attached hydrogen (secondary N) is 3. The first-order valence-electron chi connectivity index (χ1n) is 9.84. The van der Waals surface area contributed by atoms with E-state index in [4.69, 9.17) is 0 Å². The molecule has 0 aliphatic heterocycles. The van der Waals surface area contributed by atoms with Crippen LogP contribution in [0.15, 0.2) is 90.0 Å². The van der Waals surface area contributed by atoms with Crippen LogP contribution in [-0.4, -0.2) is 20.9 Å². The maximum absolute atomic E-state index is 12.2. The molecule has 31 heavy (non-hydrogen) atoms. The SMILES string of the molecule is O=C(NCc1cccc(CNc2nc(-c3ccncc3)cc(=O)[nH]2)c1)c1ccccc1. The van der Waals surface area contributed by atoms with Crippen LogP contribution in [0.2, 0.25) is 0 Å². The molecule has 0 fully saturated rings. The molecule has 7 heteroatoms. The van der Waals surface area contributed by atoms with E-state index in [2.05, 4.69) is 25.6 Å². The van der Waals surface area contributed by atoms with Crippen molar-refractivity contribution in [2.45, 2.75) is 13.1 Å². The Morgan fingerprint density at radius 3 is 2.39 bits per heavy atom. The summed E-state index contributed by atoms with van der Waals surface area (Å²) >= 11 is 0. The van der Waals surface area contributed by atoms with Crippen LogP contribution in [0.25, 0.3) is 11.3 Å². The summed E-state index contributed by atoms with van der Waals surface area (Å²) in [7, 11) is 0. The Bertz CT molecular complexity index is 1220. The third-order valence-corrected chi connectivity index (χ3v) is 4.66. The molecule has 0 atom stereocenters.